The lowest BCUT2D eigenvalue weighted by atomic mass is 10.2. The number of aliphatic hydroxyl groups is 1. The normalized spacial score (nSPS) is 24.3. The van der Waals surface area contributed by atoms with Gasteiger partial charge in [0.05, 0.1) is 6.61 Å². The molecule has 8 nitrogen and oxygen atoms in total. The lowest BCUT2D eigenvalue weighted by Crippen LogP contribution is -2.52. The van der Waals surface area contributed by atoms with Gasteiger partial charge in [0.25, 0.3) is 0 Å². The Hall–Kier alpha value is 0.364. The van der Waals surface area contributed by atoms with Crippen LogP contribution in [0.15, 0.2) is 4.40 Å². The molecule has 1 N–H and O–H groups in total. The standard InChI is InChI=1S/C24H51NO7S2Si2/c1-7-10-24(25-34-5)27-11-8-13-35(6,28-16-21(2)15-26)29-17-22(3)18-30-36(14-9-12-33)31-19-23(4)20-32-36/h21-23,26,33H,7-20H2,1-6H3/b25-24-. The predicted octanol–water partition coefficient (Wildman–Crippen LogP) is 5.20. The van der Waals surface area contributed by atoms with Crippen LogP contribution in [-0.4, -0.2) is 86.6 Å². The fraction of sp³-hybridized carbons (Fsp3) is 0.958. The number of nitrogens with zero attached hydrogens (tertiary/aromatic N) is 1. The Labute approximate surface area is 231 Å². The fourth-order valence-corrected chi connectivity index (χ4v) is 9.60. The molecule has 36 heavy (non-hydrogen) atoms. The van der Waals surface area contributed by atoms with Gasteiger partial charge in [0.1, 0.15) is 0 Å². The zero-order valence-electron chi connectivity index (χ0n) is 23.3. The summed E-state index contributed by atoms with van der Waals surface area (Å²) in [5.41, 5.74) is 0. The van der Waals surface area contributed by atoms with Gasteiger partial charge in [-0.2, -0.15) is 17.0 Å². The molecule has 3 atom stereocenters. The van der Waals surface area contributed by atoms with Crippen LogP contribution in [-0.2, 0) is 26.9 Å². The van der Waals surface area contributed by atoms with E-state index in [0.717, 1.165) is 49.4 Å². The summed E-state index contributed by atoms with van der Waals surface area (Å²) in [6.45, 7) is 14.1. The second-order valence-electron chi connectivity index (χ2n) is 10.1. The van der Waals surface area contributed by atoms with Crippen molar-refractivity contribution in [2.24, 2.45) is 22.2 Å². The van der Waals surface area contributed by atoms with Crippen molar-refractivity contribution in [2.45, 2.75) is 72.0 Å². The molecule has 1 heterocycles. The minimum atomic E-state index is -2.65. The first kappa shape index (κ1) is 34.4. The number of hydrogen-bond donors (Lipinski definition) is 2. The summed E-state index contributed by atoms with van der Waals surface area (Å²) >= 11 is 5.78. The maximum Gasteiger partial charge on any atom is 0.501 e. The van der Waals surface area contributed by atoms with Gasteiger partial charge in [0, 0.05) is 76.1 Å². The van der Waals surface area contributed by atoms with E-state index >= 15 is 0 Å². The topological polar surface area (TPSA) is 88.0 Å². The molecular weight excluding hydrogens is 535 g/mol. The zero-order valence-corrected chi connectivity index (χ0v) is 27.0. The van der Waals surface area contributed by atoms with Gasteiger partial charge in [-0.05, 0) is 49.6 Å². The molecule has 0 spiro atoms. The van der Waals surface area contributed by atoms with Crippen molar-refractivity contribution >= 4 is 47.8 Å². The third kappa shape index (κ3) is 14.5. The van der Waals surface area contributed by atoms with Gasteiger partial charge in [0.2, 0.25) is 0 Å². The zero-order chi connectivity index (χ0) is 26.9. The molecule has 1 fully saturated rings. The van der Waals surface area contributed by atoms with Gasteiger partial charge < -0.3 is 32.0 Å². The third-order valence-electron chi connectivity index (χ3n) is 5.76. The van der Waals surface area contributed by atoms with E-state index in [4.69, 9.17) is 26.9 Å². The Balaban J connectivity index is 2.61. The summed E-state index contributed by atoms with van der Waals surface area (Å²) < 4.78 is 41.6. The molecule has 0 bridgehead atoms. The van der Waals surface area contributed by atoms with Crippen LogP contribution in [0, 0.1) is 17.8 Å². The number of hydrogen-bond acceptors (Lipinski definition) is 10. The number of aliphatic hydroxyl groups excluding tert-OH is 1. The van der Waals surface area contributed by atoms with E-state index in [-0.39, 0.29) is 18.4 Å². The number of ether oxygens (including phenoxy) is 1. The first-order valence-corrected chi connectivity index (χ1v) is 19.6. The smallest absolute Gasteiger partial charge is 0.480 e. The predicted molar refractivity (Wildman–Crippen MR) is 156 cm³/mol. The minimum absolute atomic E-state index is 0.0722. The number of thiol groups is 1. The second-order valence-corrected chi connectivity index (χ2v) is 17.1. The highest BCUT2D eigenvalue weighted by atomic mass is 32.2. The third-order valence-corrected chi connectivity index (χ3v) is 12.1. The van der Waals surface area contributed by atoms with E-state index in [0.29, 0.717) is 45.6 Å². The Morgan fingerprint density at radius 2 is 1.83 bits per heavy atom. The van der Waals surface area contributed by atoms with Gasteiger partial charge in [-0.15, -0.1) is 0 Å². The second kappa shape index (κ2) is 19.4. The molecule has 214 valence electrons. The Morgan fingerprint density at radius 3 is 2.42 bits per heavy atom. The lowest BCUT2D eigenvalue weighted by molar-refractivity contribution is -0.0136. The van der Waals surface area contributed by atoms with Gasteiger partial charge in [0.15, 0.2) is 5.90 Å². The van der Waals surface area contributed by atoms with Gasteiger partial charge >= 0.3 is 17.4 Å². The summed E-state index contributed by atoms with van der Waals surface area (Å²) in [7, 11) is -5.12. The van der Waals surface area contributed by atoms with Gasteiger partial charge in [-0.1, -0.05) is 27.7 Å². The van der Waals surface area contributed by atoms with Gasteiger partial charge in [-0.25, -0.2) is 0 Å². The van der Waals surface area contributed by atoms with E-state index in [1.165, 1.54) is 11.9 Å². The molecular formula is C24H51NO7S2Si2. The summed E-state index contributed by atoms with van der Waals surface area (Å²) in [5.74, 6) is 2.23. The SMILES string of the molecule is CCC/C(=N/SC)OCCC[Si](C)(OCC(C)CO)OCC(C)CO[Si]1(CCCS)OCC(C)CO1. The summed E-state index contributed by atoms with van der Waals surface area (Å²) in [4.78, 5) is 0. The first-order chi connectivity index (χ1) is 17.2. The molecule has 0 saturated carbocycles. The minimum Gasteiger partial charge on any atom is -0.480 e. The van der Waals surface area contributed by atoms with Crippen molar-refractivity contribution in [3.8, 4) is 0 Å². The average Bonchev–Trinajstić information content (AvgIpc) is 2.88. The Morgan fingerprint density at radius 1 is 1.17 bits per heavy atom. The molecule has 1 saturated heterocycles. The Bertz CT molecular complexity index is 595. The van der Waals surface area contributed by atoms with Crippen molar-refractivity contribution in [3.63, 3.8) is 0 Å². The van der Waals surface area contributed by atoms with Crippen molar-refractivity contribution in [1.29, 1.82) is 0 Å². The van der Waals surface area contributed by atoms with Crippen LogP contribution in [0.4, 0.5) is 0 Å². The van der Waals surface area contributed by atoms with Crippen LogP contribution in [0.1, 0.15) is 53.4 Å². The van der Waals surface area contributed by atoms with E-state index in [1.54, 1.807) is 0 Å². The van der Waals surface area contributed by atoms with Crippen molar-refractivity contribution < 1.29 is 32.0 Å². The lowest BCUT2D eigenvalue weighted by Gasteiger charge is -2.36. The fourth-order valence-electron chi connectivity index (χ4n) is 3.46. The van der Waals surface area contributed by atoms with Gasteiger partial charge in [-0.3, -0.25) is 0 Å². The maximum absolute atomic E-state index is 9.44. The molecule has 0 amide bonds. The van der Waals surface area contributed by atoms with Crippen molar-refractivity contribution in [3.05, 3.63) is 0 Å². The van der Waals surface area contributed by atoms with Crippen LogP contribution < -0.4 is 0 Å². The average molecular weight is 586 g/mol. The van der Waals surface area contributed by atoms with Crippen LogP contribution in [0.25, 0.3) is 0 Å². The molecule has 0 aromatic carbocycles. The van der Waals surface area contributed by atoms with E-state index in [1.807, 2.05) is 13.2 Å². The largest absolute Gasteiger partial charge is 0.501 e. The molecule has 12 heteroatoms. The maximum atomic E-state index is 9.44. The highest BCUT2D eigenvalue weighted by Gasteiger charge is 2.44. The first-order valence-electron chi connectivity index (χ1n) is 13.4. The summed E-state index contributed by atoms with van der Waals surface area (Å²) in [6.07, 6.45) is 5.54. The Kier molecular flexibility index (Phi) is 18.6. The molecule has 0 aromatic rings. The van der Waals surface area contributed by atoms with Crippen molar-refractivity contribution in [2.75, 3.05) is 58.3 Å². The van der Waals surface area contributed by atoms with Crippen molar-refractivity contribution in [1.82, 2.24) is 0 Å². The van der Waals surface area contributed by atoms with Crippen LogP contribution >= 0.6 is 24.6 Å². The molecule has 0 aliphatic carbocycles. The van der Waals surface area contributed by atoms with Crippen LogP contribution in [0.5, 0.6) is 0 Å². The van der Waals surface area contributed by atoms with Crippen LogP contribution in [0.3, 0.4) is 0 Å². The molecule has 0 aromatic heterocycles. The van der Waals surface area contributed by atoms with Crippen LogP contribution in [0.2, 0.25) is 18.6 Å². The van der Waals surface area contributed by atoms with E-state index in [2.05, 4.69) is 44.3 Å². The molecule has 1 rings (SSSR count). The van der Waals surface area contributed by atoms with E-state index < -0.39 is 17.4 Å². The molecule has 3 unspecified atom stereocenters. The molecule has 1 aliphatic rings. The summed E-state index contributed by atoms with van der Waals surface area (Å²) in [6, 6.07) is 1.60. The molecule has 0 radical (unpaired) electrons. The highest BCUT2D eigenvalue weighted by molar-refractivity contribution is 7.97. The summed E-state index contributed by atoms with van der Waals surface area (Å²) in [5, 5.41) is 9.44. The highest BCUT2D eigenvalue weighted by Crippen LogP contribution is 2.26. The monoisotopic (exact) mass is 585 g/mol. The molecule has 1 aliphatic heterocycles. The van der Waals surface area contributed by atoms with E-state index in [9.17, 15) is 5.11 Å². The quantitative estimate of drug-likeness (QED) is 0.0504. The number of rotatable bonds is 20.